The highest BCUT2D eigenvalue weighted by atomic mass is 16.4. The van der Waals surface area contributed by atoms with Crippen molar-refractivity contribution in [2.75, 3.05) is 6.61 Å². The maximum atomic E-state index is 9.32. The van der Waals surface area contributed by atoms with Gasteiger partial charge in [-0.3, -0.25) is 4.98 Å². The fourth-order valence-corrected chi connectivity index (χ4v) is 1.46. The number of rotatable bonds is 6. The zero-order chi connectivity index (χ0) is 13.6. The first-order valence-corrected chi connectivity index (χ1v) is 5.84. The second-order valence-electron chi connectivity index (χ2n) is 4.42. The monoisotopic (exact) mass is 252 g/mol. The molecule has 100 valence electrons. The van der Waals surface area contributed by atoms with Crippen LogP contribution >= 0.6 is 0 Å². The number of pyridine rings is 1. The standard InChI is InChI=1S/C12H20N4O2/c1-3-12(2,8-17)15-7-9-5-4-6-14-10(9)11(13)16-18/h4-6,15,17-18H,3,7-8H2,1-2H3,(H2,13,16). The summed E-state index contributed by atoms with van der Waals surface area (Å²) < 4.78 is 0. The van der Waals surface area contributed by atoms with Gasteiger partial charge in [0, 0.05) is 18.3 Å². The highest BCUT2D eigenvalue weighted by Crippen LogP contribution is 2.11. The van der Waals surface area contributed by atoms with Crippen molar-refractivity contribution in [1.29, 1.82) is 0 Å². The third kappa shape index (κ3) is 3.41. The summed E-state index contributed by atoms with van der Waals surface area (Å²) in [5.74, 6) is -0.0189. The van der Waals surface area contributed by atoms with Gasteiger partial charge in [-0.05, 0) is 25.0 Å². The smallest absolute Gasteiger partial charge is 0.189 e. The average Bonchev–Trinajstić information content (AvgIpc) is 2.44. The van der Waals surface area contributed by atoms with Gasteiger partial charge in [-0.15, -0.1) is 0 Å². The van der Waals surface area contributed by atoms with E-state index in [1.165, 1.54) is 0 Å². The summed E-state index contributed by atoms with van der Waals surface area (Å²) in [5, 5.41) is 24.2. The lowest BCUT2D eigenvalue weighted by atomic mass is 9.99. The molecule has 1 aromatic heterocycles. The Labute approximate surface area is 107 Å². The lowest BCUT2D eigenvalue weighted by Crippen LogP contribution is -2.44. The van der Waals surface area contributed by atoms with Crippen LogP contribution in [0.5, 0.6) is 0 Å². The summed E-state index contributed by atoms with van der Waals surface area (Å²) >= 11 is 0. The van der Waals surface area contributed by atoms with Crippen molar-refractivity contribution < 1.29 is 10.3 Å². The fourth-order valence-electron chi connectivity index (χ4n) is 1.46. The third-order valence-electron chi connectivity index (χ3n) is 3.08. The van der Waals surface area contributed by atoms with E-state index < -0.39 is 0 Å². The van der Waals surface area contributed by atoms with Gasteiger partial charge in [-0.2, -0.15) is 0 Å². The summed E-state index contributed by atoms with van der Waals surface area (Å²) in [6.07, 6.45) is 2.38. The van der Waals surface area contributed by atoms with Gasteiger partial charge in [0.2, 0.25) is 0 Å². The number of aliphatic hydroxyl groups excluding tert-OH is 1. The summed E-state index contributed by atoms with van der Waals surface area (Å²) in [7, 11) is 0. The van der Waals surface area contributed by atoms with Crippen LogP contribution in [0.3, 0.4) is 0 Å². The summed E-state index contributed by atoms with van der Waals surface area (Å²) in [4.78, 5) is 4.08. The molecule has 1 unspecified atom stereocenters. The molecular formula is C12H20N4O2. The van der Waals surface area contributed by atoms with Crippen LogP contribution < -0.4 is 11.1 Å². The number of nitrogens with one attached hydrogen (secondary N) is 1. The summed E-state index contributed by atoms with van der Waals surface area (Å²) in [5.41, 5.74) is 6.48. The first-order chi connectivity index (χ1) is 8.56. The van der Waals surface area contributed by atoms with E-state index in [4.69, 9.17) is 10.9 Å². The second kappa shape index (κ2) is 6.32. The second-order valence-corrected chi connectivity index (χ2v) is 4.42. The predicted octanol–water partition coefficient (Wildman–Crippen LogP) is 0.427. The van der Waals surface area contributed by atoms with Crippen LogP contribution in [0.4, 0.5) is 0 Å². The zero-order valence-corrected chi connectivity index (χ0v) is 10.7. The molecule has 6 heteroatoms. The Bertz CT molecular complexity index is 416. The molecule has 0 fully saturated rings. The van der Waals surface area contributed by atoms with Gasteiger partial charge in [0.15, 0.2) is 5.84 Å². The normalized spacial score (nSPS) is 15.4. The number of amidine groups is 1. The van der Waals surface area contributed by atoms with E-state index in [-0.39, 0.29) is 18.0 Å². The lowest BCUT2D eigenvalue weighted by Gasteiger charge is -2.27. The van der Waals surface area contributed by atoms with Gasteiger partial charge in [0.25, 0.3) is 0 Å². The van der Waals surface area contributed by atoms with Crippen LogP contribution in [-0.2, 0) is 6.54 Å². The number of hydrogen-bond acceptors (Lipinski definition) is 5. The third-order valence-corrected chi connectivity index (χ3v) is 3.08. The maximum absolute atomic E-state index is 9.32. The molecule has 0 amide bonds. The van der Waals surface area contributed by atoms with E-state index in [2.05, 4.69) is 15.5 Å². The van der Waals surface area contributed by atoms with Gasteiger partial charge in [-0.1, -0.05) is 18.1 Å². The highest BCUT2D eigenvalue weighted by Gasteiger charge is 2.20. The zero-order valence-electron chi connectivity index (χ0n) is 10.7. The Morgan fingerprint density at radius 2 is 2.33 bits per heavy atom. The molecule has 0 spiro atoms. The Morgan fingerprint density at radius 1 is 1.61 bits per heavy atom. The van der Waals surface area contributed by atoms with Crippen molar-refractivity contribution >= 4 is 5.84 Å². The first-order valence-electron chi connectivity index (χ1n) is 5.84. The van der Waals surface area contributed by atoms with Crippen LogP contribution in [-0.4, -0.2) is 33.3 Å². The fraction of sp³-hybridized carbons (Fsp3) is 0.500. The van der Waals surface area contributed by atoms with Crippen LogP contribution in [0.15, 0.2) is 23.5 Å². The molecule has 1 rings (SSSR count). The van der Waals surface area contributed by atoms with Gasteiger partial charge >= 0.3 is 0 Å². The molecule has 5 N–H and O–H groups in total. The number of hydrogen-bond donors (Lipinski definition) is 4. The van der Waals surface area contributed by atoms with E-state index >= 15 is 0 Å². The molecule has 0 aromatic carbocycles. The molecule has 6 nitrogen and oxygen atoms in total. The van der Waals surface area contributed by atoms with Crippen molar-refractivity contribution in [3.05, 3.63) is 29.6 Å². The average molecular weight is 252 g/mol. The molecule has 1 aromatic rings. The van der Waals surface area contributed by atoms with E-state index in [1.54, 1.807) is 12.3 Å². The van der Waals surface area contributed by atoms with Gasteiger partial charge in [-0.25, -0.2) is 0 Å². The Balaban J connectivity index is 2.85. The molecule has 0 radical (unpaired) electrons. The molecule has 0 aliphatic heterocycles. The Hall–Kier alpha value is -1.66. The minimum atomic E-state index is -0.349. The Kier molecular flexibility index (Phi) is 5.06. The van der Waals surface area contributed by atoms with E-state index in [0.29, 0.717) is 12.2 Å². The van der Waals surface area contributed by atoms with Crippen molar-refractivity contribution in [3.8, 4) is 0 Å². The summed E-state index contributed by atoms with van der Waals surface area (Å²) in [6.45, 7) is 4.47. The molecule has 1 atom stereocenters. The maximum Gasteiger partial charge on any atom is 0.189 e. The molecular weight excluding hydrogens is 232 g/mol. The molecule has 18 heavy (non-hydrogen) atoms. The van der Waals surface area contributed by atoms with E-state index in [9.17, 15) is 5.11 Å². The van der Waals surface area contributed by atoms with Crippen molar-refractivity contribution in [1.82, 2.24) is 10.3 Å². The number of oxime groups is 1. The molecule has 0 saturated carbocycles. The number of aromatic nitrogens is 1. The van der Waals surface area contributed by atoms with Gasteiger partial charge in [0.1, 0.15) is 5.69 Å². The number of nitrogens with zero attached hydrogens (tertiary/aromatic N) is 2. The first kappa shape index (κ1) is 14.4. The molecule has 1 heterocycles. The topological polar surface area (TPSA) is 104 Å². The van der Waals surface area contributed by atoms with E-state index in [0.717, 1.165) is 12.0 Å². The minimum absolute atomic E-state index is 0.0189. The number of nitrogens with two attached hydrogens (primary N) is 1. The number of aliphatic hydroxyl groups is 1. The largest absolute Gasteiger partial charge is 0.409 e. The molecule has 0 aliphatic rings. The highest BCUT2D eigenvalue weighted by molar-refractivity contribution is 5.96. The quantitative estimate of drug-likeness (QED) is 0.254. The van der Waals surface area contributed by atoms with Crippen LogP contribution in [0.1, 0.15) is 31.5 Å². The minimum Gasteiger partial charge on any atom is -0.409 e. The SMILES string of the molecule is CCC(C)(CO)NCc1cccnc1/C(N)=N/O. The van der Waals surface area contributed by atoms with Crippen LogP contribution in [0, 0.1) is 0 Å². The molecule has 0 saturated heterocycles. The van der Waals surface area contributed by atoms with Crippen LogP contribution in [0.2, 0.25) is 0 Å². The summed E-state index contributed by atoms with van der Waals surface area (Å²) in [6, 6.07) is 3.63. The predicted molar refractivity (Wildman–Crippen MR) is 69.4 cm³/mol. The van der Waals surface area contributed by atoms with Gasteiger partial charge in [0.05, 0.1) is 6.61 Å². The Morgan fingerprint density at radius 3 is 2.89 bits per heavy atom. The van der Waals surface area contributed by atoms with Crippen LogP contribution in [0.25, 0.3) is 0 Å². The lowest BCUT2D eigenvalue weighted by molar-refractivity contribution is 0.169. The van der Waals surface area contributed by atoms with Crippen molar-refractivity contribution in [2.45, 2.75) is 32.4 Å². The molecule has 0 bridgehead atoms. The van der Waals surface area contributed by atoms with Gasteiger partial charge < -0.3 is 21.4 Å². The van der Waals surface area contributed by atoms with E-state index in [1.807, 2.05) is 19.9 Å². The van der Waals surface area contributed by atoms with Crippen molar-refractivity contribution in [2.24, 2.45) is 10.9 Å². The van der Waals surface area contributed by atoms with Crippen molar-refractivity contribution in [3.63, 3.8) is 0 Å². The molecule has 0 aliphatic carbocycles.